The topological polar surface area (TPSA) is 9.23 Å². The fourth-order valence-electron chi connectivity index (χ4n) is 1.93. The number of hydrogen-bond acceptors (Lipinski definition) is 1. The monoisotopic (exact) mass is 400 g/mol. The van der Waals surface area contributed by atoms with E-state index < -0.39 is 0 Å². The van der Waals surface area contributed by atoms with E-state index in [0.717, 1.165) is 22.8 Å². The van der Waals surface area contributed by atoms with Crippen LogP contribution in [0.25, 0.3) is 0 Å². The standard InChI is InChI=1S/C17H18ClIO/c1-17(2,3)20-15-7-4-12(5-8-15)10-13-11-14(19)6-9-16(13)18/h4-9,11H,10H2,1-3H3. The lowest BCUT2D eigenvalue weighted by Gasteiger charge is -2.21. The molecule has 0 amide bonds. The molecule has 2 aromatic rings. The summed E-state index contributed by atoms with van der Waals surface area (Å²) in [6, 6.07) is 14.3. The fourth-order valence-corrected chi connectivity index (χ4v) is 2.67. The van der Waals surface area contributed by atoms with Gasteiger partial charge in [-0.1, -0.05) is 23.7 Å². The summed E-state index contributed by atoms with van der Waals surface area (Å²) >= 11 is 8.54. The van der Waals surface area contributed by atoms with Gasteiger partial charge in [-0.15, -0.1) is 0 Å². The summed E-state index contributed by atoms with van der Waals surface area (Å²) < 4.78 is 7.03. The van der Waals surface area contributed by atoms with Crippen molar-refractivity contribution in [2.45, 2.75) is 32.8 Å². The maximum Gasteiger partial charge on any atom is 0.120 e. The molecule has 0 aliphatic rings. The molecule has 0 bridgehead atoms. The average Bonchev–Trinajstić information content (AvgIpc) is 2.34. The van der Waals surface area contributed by atoms with Crippen LogP contribution in [0.4, 0.5) is 0 Å². The lowest BCUT2D eigenvalue weighted by atomic mass is 10.0. The van der Waals surface area contributed by atoms with Crippen molar-refractivity contribution in [3.8, 4) is 5.75 Å². The molecule has 1 nitrogen and oxygen atoms in total. The van der Waals surface area contributed by atoms with Gasteiger partial charge in [-0.05, 0) is 91.2 Å². The van der Waals surface area contributed by atoms with E-state index in [0.29, 0.717) is 0 Å². The molecule has 3 heteroatoms. The lowest BCUT2D eigenvalue weighted by Crippen LogP contribution is -2.22. The van der Waals surface area contributed by atoms with Crippen LogP contribution >= 0.6 is 34.2 Å². The van der Waals surface area contributed by atoms with Crippen LogP contribution in [-0.2, 0) is 6.42 Å². The highest BCUT2D eigenvalue weighted by molar-refractivity contribution is 14.1. The quantitative estimate of drug-likeness (QED) is 0.599. The highest BCUT2D eigenvalue weighted by Gasteiger charge is 2.11. The number of benzene rings is 2. The second-order valence-electron chi connectivity index (χ2n) is 5.77. The minimum absolute atomic E-state index is 0.166. The Kier molecular flexibility index (Phi) is 4.97. The summed E-state index contributed by atoms with van der Waals surface area (Å²) in [7, 11) is 0. The fraction of sp³-hybridized carbons (Fsp3) is 0.294. The third kappa shape index (κ3) is 4.67. The first kappa shape index (κ1) is 15.6. The molecule has 0 N–H and O–H groups in total. The highest BCUT2D eigenvalue weighted by atomic mass is 127. The Hall–Kier alpha value is -0.740. The number of rotatable bonds is 3. The largest absolute Gasteiger partial charge is 0.488 e. The minimum atomic E-state index is -0.166. The van der Waals surface area contributed by atoms with Gasteiger partial charge in [-0.3, -0.25) is 0 Å². The van der Waals surface area contributed by atoms with Gasteiger partial charge in [0.1, 0.15) is 11.4 Å². The maximum absolute atomic E-state index is 6.24. The number of halogens is 2. The molecule has 0 unspecified atom stereocenters. The molecule has 2 aromatic carbocycles. The zero-order valence-electron chi connectivity index (χ0n) is 11.9. The van der Waals surface area contributed by atoms with Crippen molar-refractivity contribution in [3.05, 3.63) is 62.2 Å². The van der Waals surface area contributed by atoms with Gasteiger partial charge >= 0.3 is 0 Å². The van der Waals surface area contributed by atoms with Crippen molar-refractivity contribution in [2.24, 2.45) is 0 Å². The second kappa shape index (κ2) is 6.35. The first-order valence-corrected chi connectivity index (χ1v) is 8.01. The molecule has 106 valence electrons. The van der Waals surface area contributed by atoms with Gasteiger partial charge in [0, 0.05) is 8.59 Å². The van der Waals surface area contributed by atoms with Gasteiger partial charge in [0.05, 0.1) is 0 Å². The Morgan fingerprint density at radius 3 is 2.30 bits per heavy atom. The van der Waals surface area contributed by atoms with Crippen LogP contribution in [-0.4, -0.2) is 5.60 Å². The van der Waals surface area contributed by atoms with Crippen LogP contribution < -0.4 is 4.74 Å². The zero-order chi connectivity index (χ0) is 14.8. The normalized spacial score (nSPS) is 11.4. The molecule has 0 saturated heterocycles. The van der Waals surface area contributed by atoms with Crippen molar-refractivity contribution < 1.29 is 4.74 Å². The Bertz CT molecular complexity index is 585. The van der Waals surface area contributed by atoms with Gasteiger partial charge in [0.2, 0.25) is 0 Å². The maximum atomic E-state index is 6.24. The summed E-state index contributed by atoms with van der Waals surface area (Å²) in [5.41, 5.74) is 2.22. The molecule has 0 radical (unpaired) electrons. The van der Waals surface area contributed by atoms with E-state index in [1.54, 1.807) is 0 Å². The van der Waals surface area contributed by atoms with E-state index in [9.17, 15) is 0 Å². The van der Waals surface area contributed by atoms with Gasteiger partial charge < -0.3 is 4.74 Å². The van der Waals surface area contributed by atoms with Gasteiger partial charge in [-0.25, -0.2) is 0 Å². The van der Waals surface area contributed by atoms with E-state index in [-0.39, 0.29) is 5.60 Å². The van der Waals surface area contributed by atoms with Crippen LogP contribution in [0.2, 0.25) is 5.02 Å². The molecule has 0 heterocycles. The molecular weight excluding hydrogens is 383 g/mol. The molecule has 0 aliphatic carbocycles. The van der Waals surface area contributed by atoms with Gasteiger partial charge in [0.15, 0.2) is 0 Å². The second-order valence-corrected chi connectivity index (χ2v) is 7.42. The van der Waals surface area contributed by atoms with E-state index in [4.69, 9.17) is 16.3 Å². The molecule has 0 spiro atoms. The SMILES string of the molecule is CC(C)(C)Oc1ccc(Cc2cc(I)ccc2Cl)cc1. The zero-order valence-corrected chi connectivity index (χ0v) is 14.8. The molecule has 2 rings (SSSR count). The van der Waals surface area contributed by atoms with Crippen molar-refractivity contribution in [3.63, 3.8) is 0 Å². The Labute approximate surface area is 139 Å². The predicted octanol–water partition coefficient (Wildman–Crippen LogP) is 5.71. The average molecular weight is 401 g/mol. The van der Waals surface area contributed by atoms with Crippen molar-refractivity contribution in [2.75, 3.05) is 0 Å². The van der Waals surface area contributed by atoms with Gasteiger partial charge in [-0.2, -0.15) is 0 Å². The Morgan fingerprint density at radius 2 is 1.70 bits per heavy atom. The summed E-state index contributed by atoms with van der Waals surface area (Å²) in [5, 5.41) is 0.820. The first-order valence-electron chi connectivity index (χ1n) is 6.55. The van der Waals surface area contributed by atoms with Crippen LogP contribution in [0.1, 0.15) is 31.9 Å². The molecule has 0 saturated carbocycles. The molecule has 20 heavy (non-hydrogen) atoms. The Balaban J connectivity index is 2.13. The number of ether oxygens (including phenoxy) is 1. The predicted molar refractivity (Wildman–Crippen MR) is 93.8 cm³/mol. The minimum Gasteiger partial charge on any atom is -0.488 e. The summed E-state index contributed by atoms with van der Waals surface area (Å²) in [4.78, 5) is 0. The van der Waals surface area contributed by atoms with Crippen LogP contribution in [0, 0.1) is 3.57 Å². The van der Waals surface area contributed by atoms with Gasteiger partial charge in [0.25, 0.3) is 0 Å². The van der Waals surface area contributed by atoms with Crippen LogP contribution in [0.3, 0.4) is 0 Å². The first-order chi connectivity index (χ1) is 9.33. The third-order valence-electron chi connectivity index (χ3n) is 2.75. The molecule has 0 fully saturated rings. The van der Waals surface area contributed by atoms with E-state index in [1.165, 1.54) is 9.13 Å². The van der Waals surface area contributed by atoms with E-state index >= 15 is 0 Å². The van der Waals surface area contributed by atoms with E-state index in [1.807, 2.05) is 45.0 Å². The summed E-state index contributed by atoms with van der Waals surface area (Å²) in [6.45, 7) is 6.14. The van der Waals surface area contributed by atoms with Crippen molar-refractivity contribution >= 4 is 34.2 Å². The van der Waals surface area contributed by atoms with Crippen molar-refractivity contribution in [1.29, 1.82) is 0 Å². The lowest BCUT2D eigenvalue weighted by molar-refractivity contribution is 0.131. The molecule has 0 aliphatic heterocycles. The van der Waals surface area contributed by atoms with E-state index in [2.05, 4.69) is 40.8 Å². The number of hydrogen-bond donors (Lipinski definition) is 0. The Morgan fingerprint density at radius 1 is 1.05 bits per heavy atom. The van der Waals surface area contributed by atoms with Crippen LogP contribution in [0.5, 0.6) is 5.75 Å². The summed E-state index contributed by atoms with van der Waals surface area (Å²) in [5.74, 6) is 0.898. The molecule has 0 aromatic heterocycles. The molecule has 0 atom stereocenters. The summed E-state index contributed by atoms with van der Waals surface area (Å²) in [6.07, 6.45) is 0.839. The van der Waals surface area contributed by atoms with Crippen LogP contribution in [0.15, 0.2) is 42.5 Å². The molecular formula is C17H18ClIO. The third-order valence-corrected chi connectivity index (χ3v) is 3.79. The highest BCUT2D eigenvalue weighted by Crippen LogP contribution is 2.24. The smallest absolute Gasteiger partial charge is 0.120 e. The van der Waals surface area contributed by atoms with Crippen molar-refractivity contribution in [1.82, 2.24) is 0 Å².